The van der Waals surface area contributed by atoms with Crippen molar-refractivity contribution in [3.8, 4) is 0 Å². The molecule has 48 heavy (non-hydrogen) atoms. The van der Waals surface area contributed by atoms with Crippen molar-refractivity contribution in [2.45, 2.75) is 194 Å². The van der Waals surface area contributed by atoms with Gasteiger partial charge >= 0.3 is 0 Å². The summed E-state index contributed by atoms with van der Waals surface area (Å²) in [5.74, 6) is 1.06. The number of aliphatic hydroxyl groups excluding tert-OH is 1. The maximum atomic E-state index is 11.1. The van der Waals surface area contributed by atoms with Crippen molar-refractivity contribution < 1.29 is 14.0 Å². The first-order valence-electron chi connectivity index (χ1n) is 19.9. The fraction of sp³-hybridized carbons (Fsp3) is 0.814. The van der Waals surface area contributed by atoms with Gasteiger partial charge in [0, 0.05) is 12.0 Å². The van der Waals surface area contributed by atoms with E-state index >= 15 is 0 Å². The fourth-order valence-electron chi connectivity index (χ4n) is 8.97. The van der Waals surface area contributed by atoms with Gasteiger partial charge in [-0.3, -0.25) is 0 Å². The average Bonchev–Trinajstić information content (AvgIpc) is 3.67. The minimum atomic E-state index is -2.15. The van der Waals surface area contributed by atoms with Crippen LogP contribution in [0.5, 0.6) is 0 Å². The Morgan fingerprint density at radius 3 is 2.00 bits per heavy atom. The SMILES string of the molecule is C=C1/C(=C\C=C2/CCC[C@]3(C)[C@@H]([C@H](C)/C=C/C(O)C4(CCCC)CC4)CC[C@@H]23)CCCC1(O[Si](C)(C)C(C)(C)C)O[Si](C)(C)C(C)(C)C. The largest absolute Gasteiger partial charge is 0.388 e. The molecule has 1 unspecified atom stereocenters. The van der Waals surface area contributed by atoms with Crippen LogP contribution >= 0.6 is 0 Å². The van der Waals surface area contributed by atoms with Crippen molar-refractivity contribution in [2.75, 3.05) is 0 Å². The Hall–Kier alpha value is -0.726. The molecule has 0 aromatic carbocycles. The topological polar surface area (TPSA) is 38.7 Å². The third-order valence-electron chi connectivity index (χ3n) is 14.6. The lowest BCUT2D eigenvalue weighted by molar-refractivity contribution is -0.111. The highest BCUT2D eigenvalue weighted by atomic mass is 28.4. The summed E-state index contributed by atoms with van der Waals surface area (Å²) < 4.78 is 14.7. The highest BCUT2D eigenvalue weighted by Gasteiger charge is 2.54. The number of allylic oxidation sites excluding steroid dienone is 4. The molecule has 5 heteroatoms. The van der Waals surface area contributed by atoms with Crippen LogP contribution in [0.4, 0.5) is 0 Å². The van der Waals surface area contributed by atoms with Crippen LogP contribution in [0.1, 0.15) is 146 Å². The van der Waals surface area contributed by atoms with E-state index in [9.17, 15) is 5.11 Å². The third-order valence-corrected chi connectivity index (χ3v) is 23.5. The first-order chi connectivity index (χ1) is 22.0. The van der Waals surface area contributed by atoms with Crippen LogP contribution in [-0.2, 0) is 8.85 Å². The first-order valence-corrected chi connectivity index (χ1v) is 25.7. The van der Waals surface area contributed by atoms with Crippen LogP contribution in [0.15, 0.2) is 47.6 Å². The van der Waals surface area contributed by atoms with Gasteiger partial charge in [-0.2, -0.15) is 0 Å². The monoisotopic (exact) mass is 697 g/mol. The molecule has 0 aromatic heterocycles. The summed E-state index contributed by atoms with van der Waals surface area (Å²) in [6, 6.07) is 0. The normalized spacial score (nSPS) is 31.0. The Morgan fingerprint density at radius 1 is 0.875 bits per heavy atom. The van der Waals surface area contributed by atoms with Crippen molar-refractivity contribution >= 4 is 16.6 Å². The Labute approximate surface area is 299 Å². The Bertz CT molecular complexity index is 1210. The number of hydrogen-bond donors (Lipinski definition) is 1. The van der Waals surface area contributed by atoms with E-state index in [-0.39, 0.29) is 21.6 Å². The second-order valence-corrected chi connectivity index (χ2v) is 29.4. The van der Waals surface area contributed by atoms with Gasteiger partial charge < -0.3 is 14.0 Å². The smallest absolute Gasteiger partial charge is 0.196 e. The van der Waals surface area contributed by atoms with Gasteiger partial charge in [0.15, 0.2) is 22.4 Å². The molecule has 4 rings (SSSR count). The van der Waals surface area contributed by atoms with Crippen LogP contribution in [0.2, 0.25) is 36.3 Å². The van der Waals surface area contributed by atoms with Crippen LogP contribution in [-0.4, -0.2) is 33.6 Å². The van der Waals surface area contributed by atoms with Gasteiger partial charge in [0.25, 0.3) is 0 Å². The molecule has 0 spiro atoms. The van der Waals surface area contributed by atoms with E-state index in [1.807, 2.05) is 0 Å². The molecular formula is C43H76O3Si2. The molecule has 274 valence electrons. The van der Waals surface area contributed by atoms with Crippen molar-refractivity contribution in [3.05, 3.63) is 47.6 Å². The summed E-state index contributed by atoms with van der Waals surface area (Å²) in [6.07, 6.45) is 24.6. The van der Waals surface area contributed by atoms with E-state index in [1.54, 1.807) is 5.57 Å². The molecular weight excluding hydrogens is 621 g/mol. The standard InChI is InChI=1S/C43H76O3Si2/c1-15-16-28-42(30-31-42)38(44)26-21-32(2)36-24-25-37-35(20-17-27-41(36,37)10)23-22-34-19-18-29-43(33(34)3,45-47(11,12)39(4,5)6)46-48(13,14)40(7,8)9/h21-23,26,32,36-38,44H,3,15-20,24-25,27-31H2,1-2,4-14H3/b26-21+,34-22-,35-23+/t32-,36-,37+,38?,41-/m1/s1. The van der Waals surface area contributed by atoms with E-state index in [1.165, 1.54) is 69.8 Å². The van der Waals surface area contributed by atoms with Crippen LogP contribution in [0.25, 0.3) is 0 Å². The zero-order valence-electron chi connectivity index (χ0n) is 33.8. The minimum absolute atomic E-state index is 0.0880. The maximum absolute atomic E-state index is 11.1. The summed E-state index contributed by atoms with van der Waals surface area (Å²) in [5, 5.41) is 11.3. The molecule has 0 radical (unpaired) electrons. The van der Waals surface area contributed by atoms with E-state index < -0.39 is 22.4 Å². The summed E-state index contributed by atoms with van der Waals surface area (Å²) in [6.45, 7) is 35.5. The molecule has 0 bridgehead atoms. The Morgan fingerprint density at radius 2 is 1.46 bits per heavy atom. The number of hydrogen-bond acceptors (Lipinski definition) is 3. The first kappa shape index (κ1) is 40.1. The molecule has 0 aliphatic heterocycles. The van der Waals surface area contributed by atoms with E-state index in [4.69, 9.17) is 15.4 Å². The highest BCUT2D eigenvalue weighted by Crippen LogP contribution is 2.60. The third kappa shape index (κ3) is 8.16. The summed E-state index contributed by atoms with van der Waals surface area (Å²) in [7, 11) is -4.30. The highest BCUT2D eigenvalue weighted by molar-refractivity contribution is 6.75. The molecule has 4 aliphatic carbocycles. The molecule has 0 aromatic rings. The summed E-state index contributed by atoms with van der Waals surface area (Å²) in [4.78, 5) is 0. The maximum Gasteiger partial charge on any atom is 0.196 e. The van der Waals surface area contributed by atoms with Crippen molar-refractivity contribution in [1.82, 2.24) is 0 Å². The molecule has 4 saturated carbocycles. The Kier molecular flexibility index (Phi) is 12.0. The van der Waals surface area contributed by atoms with E-state index in [0.717, 1.165) is 24.8 Å². The molecule has 4 fully saturated rings. The average molecular weight is 697 g/mol. The number of aliphatic hydroxyl groups is 1. The van der Waals surface area contributed by atoms with Gasteiger partial charge in [-0.05, 0) is 135 Å². The van der Waals surface area contributed by atoms with Crippen LogP contribution in [0.3, 0.4) is 0 Å². The Balaban J connectivity index is 1.57. The lowest BCUT2D eigenvalue weighted by Crippen LogP contribution is -2.58. The van der Waals surface area contributed by atoms with Gasteiger partial charge in [-0.1, -0.05) is 112 Å². The summed E-state index contributed by atoms with van der Waals surface area (Å²) >= 11 is 0. The van der Waals surface area contributed by atoms with Gasteiger partial charge in [-0.25, -0.2) is 0 Å². The van der Waals surface area contributed by atoms with Crippen LogP contribution in [0, 0.1) is 28.6 Å². The van der Waals surface area contributed by atoms with Gasteiger partial charge in [0.1, 0.15) is 0 Å². The zero-order chi connectivity index (χ0) is 36.0. The van der Waals surface area contributed by atoms with E-state index in [0.29, 0.717) is 23.2 Å². The number of unbranched alkanes of at least 4 members (excludes halogenated alkanes) is 1. The zero-order valence-corrected chi connectivity index (χ0v) is 35.8. The number of fused-ring (bicyclic) bond motifs is 1. The van der Waals surface area contributed by atoms with Crippen LogP contribution < -0.4 is 0 Å². The molecule has 5 atom stereocenters. The minimum Gasteiger partial charge on any atom is -0.388 e. The lowest BCUT2D eigenvalue weighted by atomic mass is 9.61. The van der Waals surface area contributed by atoms with Gasteiger partial charge in [-0.15, -0.1) is 0 Å². The van der Waals surface area contributed by atoms with Gasteiger partial charge in [0.05, 0.1) is 6.10 Å². The van der Waals surface area contributed by atoms with Crippen molar-refractivity contribution in [1.29, 1.82) is 0 Å². The predicted octanol–water partition coefficient (Wildman–Crippen LogP) is 13.1. The molecule has 0 heterocycles. The second-order valence-electron chi connectivity index (χ2n) is 20.0. The lowest BCUT2D eigenvalue weighted by Gasteiger charge is -2.53. The van der Waals surface area contributed by atoms with Gasteiger partial charge in [0.2, 0.25) is 0 Å². The molecule has 4 aliphatic rings. The molecule has 0 saturated heterocycles. The van der Waals surface area contributed by atoms with Crippen molar-refractivity contribution in [3.63, 3.8) is 0 Å². The molecule has 1 N–H and O–H groups in total. The quantitative estimate of drug-likeness (QED) is 0.125. The second kappa shape index (κ2) is 14.4. The summed E-state index contributed by atoms with van der Waals surface area (Å²) in [5.41, 5.74) is 4.55. The van der Waals surface area contributed by atoms with E-state index in [2.05, 4.69) is 113 Å². The number of rotatable bonds is 12. The fourth-order valence-corrected chi connectivity index (χ4v) is 11.8. The molecule has 0 amide bonds. The molecule has 3 nitrogen and oxygen atoms in total. The predicted molar refractivity (Wildman–Crippen MR) is 212 cm³/mol. The van der Waals surface area contributed by atoms with Crippen molar-refractivity contribution in [2.24, 2.45) is 28.6 Å².